The molecule has 0 N–H and O–H groups in total. The highest BCUT2D eigenvalue weighted by molar-refractivity contribution is 7.22. The summed E-state index contributed by atoms with van der Waals surface area (Å²) in [6, 6.07) is 13.4. The molecule has 2 aromatic carbocycles. The standard InChI is InChI=1S/C21H25N3O2S/c1-5-26-17-11-9-16(10-12-17)20(25)24(14-13-23(3)4)21-22-19-15(2)7-6-8-18(19)27-21/h6-12H,5,13-14H2,1-4H3. The van der Waals surface area contributed by atoms with Crippen molar-refractivity contribution in [3.05, 3.63) is 53.6 Å². The summed E-state index contributed by atoms with van der Waals surface area (Å²) in [5, 5.41) is 0.736. The number of hydrogen-bond acceptors (Lipinski definition) is 5. The summed E-state index contributed by atoms with van der Waals surface area (Å²) >= 11 is 1.56. The van der Waals surface area contributed by atoms with Gasteiger partial charge in [-0.05, 0) is 63.8 Å². The zero-order chi connectivity index (χ0) is 19.4. The molecule has 0 unspecified atom stereocenters. The van der Waals surface area contributed by atoms with Crippen LogP contribution in [0.4, 0.5) is 5.13 Å². The largest absolute Gasteiger partial charge is 0.494 e. The van der Waals surface area contributed by atoms with Crippen molar-refractivity contribution >= 4 is 32.6 Å². The fourth-order valence-corrected chi connectivity index (χ4v) is 3.86. The molecule has 0 atom stereocenters. The van der Waals surface area contributed by atoms with E-state index in [1.807, 2.05) is 64.3 Å². The van der Waals surface area contributed by atoms with Crippen molar-refractivity contribution in [3.8, 4) is 5.75 Å². The van der Waals surface area contributed by atoms with Gasteiger partial charge in [0.05, 0.1) is 16.8 Å². The third-order valence-electron chi connectivity index (χ3n) is 4.27. The highest BCUT2D eigenvalue weighted by Gasteiger charge is 2.21. The Balaban J connectivity index is 1.93. The van der Waals surface area contributed by atoms with Gasteiger partial charge in [0.1, 0.15) is 5.75 Å². The summed E-state index contributed by atoms with van der Waals surface area (Å²) in [6.45, 7) is 5.93. The smallest absolute Gasteiger partial charge is 0.260 e. The molecular formula is C21H25N3O2S. The Morgan fingerprint density at radius 1 is 1.11 bits per heavy atom. The number of aryl methyl sites for hydroxylation is 1. The first-order valence-corrected chi connectivity index (χ1v) is 9.87. The maximum Gasteiger partial charge on any atom is 0.260 e. The number of likely N-dealkylation sites (N-methyl/N-ethyl adjacent to an activating group) is 1. The van der Waals surface area contributed by atoms with E-state index >= 15 is 0 Å². The molecule has 0 saturated heterocycles. The number of benzene rings is 2. The van der Waals surface area contributed by atoms with Crippen molar-refractivity contribution in [1.82, 2.24) is 9.88 Å². The van der Waals surface area contributed by atoms with Gasteiger partial charge in [-0.3, -0.25) is 9.69 Å². The molecule has 3 rings (SSSR count). The molecule has 0 saturated carbocycles. The molecular weight excluding hydrogens is 358 g/mol. The van der Waals surface area contributed by atoms with Crippen molar-refractivity contribution in [3.63, 3.8) is 0 Å². The number of hydrogen-bond donors (Lipinski definition) is 0. The number of para-hydroxylation sites is 1. The van der Waals surface area contributed by atoms with Crippen LogP contribution in [0.2, 0.25) is 0 Å². The quantitative estimate of drug-likeness (QED) is 0.613. The monoisotopic (exact) mass is 383 g/mol. The Hall–Kier alpha value is -2.44. The molecule has 6 heteroatoms. The molecule has 5 nitrogen and oxygen atoms in total. The fourth-order valence-electron chi connectivity index (χ4n) is 2.79. The Morgan fingerprint density at radius 2 is 1.85 bits per heavy atom. The Labute approximate surface area is 164 Å². The van der Waals surface area contributed by atoms with Crippen molar-refractivity contribution in [1.29, 1.82) is 0 Å². The van der Waals surface area contributed by atoms with E-state index in [1.54, 1.807) is 16.2 Å². The van der Waals surface area contributed by atoms with E-state index in [-0.39, 0.29) is 5.91 Å². The maximum atomic E-state index is 13.2. The van der Waals surface area contributed by atoms with E-state index < -0.39 is 0 Å². The second kappa shape index (κ2) is 8.50. The predicted molar refractivity (Wildman–Crippen MR) is 112 cm³/mol. The SMILES string of the molecule is CCOc1ccc(C(=O)N(CCN(C)C)c2nc3c(C)cccc3s2)cc1. The zero-order valence-corrected chi connectivity index (χ0v) is 17.0. The minimum absolute atomic E-state index is 0.0448. The molecule has 0 radical (unpaired) electrons. The first kappa shape index (κ1) is 19.3. The van der Waals surface area contributed by atoms with Crippen LogP contribution in [0.15, 0.2) is 42.5 Å². The van der Waals surface area contributed by atoms with Gasteiger partial charge < -0.3 is 9.64 Å². The topological polar surface area (TPSA) is 45.7 Å². The summed E-state index contributed by atoms with van der Waals surface area (Å²) in [7, 11) is 4.00. The van der Waals surface area contributed by atoms with E-state index in [2.05, 4.69) is 11.0 Å². The van der Waals surface area contributed by atoms with Gasteiger partial charge in [-0.2, -0.15) is 0 Å². The summed E-state index contributed by atoms with van der Waals surface area (Å²) in [4.78, 5) is 21.8. The molecule has 142 valence electrons. The number of rotatable bonds is 7. The number of fused-ring (bicyclic) bond motifs is 1. The van der Waals surface area contributed by atoms with Gasteiger partial charge in [0, 0.05) is 18.7 Å². The molecule has 0 fully saturated rings. The van der Waals surface area contributed by atoms with E-state index in [0.29, 0.717) is 18.7 Å². The van der Waals surface area contributed by atoms with Crippen LogP contribution >= 0.6 is 11.3 Å². The van der Waals surface area contributed by atoms with Crippen LogP contribution in [-0.2, 0) is 0 Å². The molecule has 27 heavy (non-hydrogen) atoms. The predicted octanol–water partition coefficient (Wildman–Crippen LogP) is 4.21. The Kier molecular flexibility index (Phi) is 6.08. The lowest BCUT2D eigenvalue weighted by Gasteiger charge is -2.22. The number of anilines is 1. The second-order valence-corrected chi connectivity index (χ2v) is 7.64. The van der Waals surface area contributed by atoms with Crippen LogP contribution in [0, 0.1) is 6.92 Å². The number of thiazole rings is 1. The van der Waals surface area contributed by atoms with Gasteiger partial charge in [0.25, 0.3) is 5.91 Å². The minimum atomic E-state index is -0.0448. The molecule has 0 bridgehead atoms. The van der Waals surface area contributed by atoms with Crippen molar-refractivity contribution in [2.75, 3.05) is 38.7 Å². The third kappa shape index (κ3) is 4.46. The lowest BCUT2D eigenvalue weighted by Crippen LogP contribution is -2.36. The number of ether oxygens (including phenoxy) is 1. The lowest BCUT2D eigenvalue weighted by molar-refractivity contribution is 0.0985. The molecule has 0 aliphatic heterocycles. The number of carbonyl (C=O) groups is 1. The van der Waals surface area contributed by atoms with Crippen molar-refractivity contribution in [2.45, 2.75) is 13.8 Å². The summed E-state index contributed by atoms with van der Waals surface area (Å²) in [5.41, 5.74) is 2.72. The van der Waals surface area contributed by atoms with E-state index in [1.165, 1.54) is 0 Å². The minimum Gasteiger partial charge on any atom is -0.494 e. The summed E-state index contributed by atoms with van der Waals surface area (Å²) in [5.74, 6) is 0.723. The van der Waals surface area contributed by atoms with Crippen LogP contribution in [-0.4, -0.2) is 49.6 Å². The highest BCUT2D eigenvalue weighted by Crippen LogP contribution is 2.31. The van der Waals surface area contributed by atoms with Gasteiger partial charge in [-0.1, -0.05) is 23.5 Å². The molecule has 1 aromatic heterocycles. The number of nitrogens with zero attached hydrogens (tertiary/aromatic N) is 3. The normalized spacial score (nSPS) is 11.1. The maximum absolute atomic E-state index is 13.2. The van der Waals surface area contributed by atoms with Crippen molar-refractivity contribution < 1.29 is 9.53 Å². The summed E-state index contributed by atoms with van der Waals surface area (Å²) in [6.07, 6.45) is 0. The van der Waals surface area contributed by atoms with Gasteiger partial charge in [0.2, 0.25) is 0 Å². The molecule has 0 aliphatic rings. The number of amides is 1. The highest BCUT2D eigenvalue weighted by atomic mass is 32.1. The van der Waals surface area contributed by atoms with E-state index in [0.717, 1.165) is 33.2 Å². The number of aromatic nitrogens is 1. The molecule has 0 aliphatic carbocycles. The van der Waals surface area contributed by atoms with Gasteiger partial charge in [0.15, 0.2) is 5.13 Å². The Bertz CT molecular complexity index is 919. The van der Waals surface area contributed by atoms with Crippen LogP contribution < -0.4 is 9.64 Å². The van der Waals surface area contributed by atoms with Crippen LogP contribution in [0.25, 0.3) is 10.2 Å². The second-order valence-electron chi connectivity index (χ2n) is 6.64. The van der Waals surface area contributed by atoms with Crippen molar-refractivity contribution in [2.24, 2.45) is 0 Å². The van der Waals surface area contributed by atoms with Crippen LogP contribution in [0.1, 0.15) is 22.8 Å². The molecule has 3 aromatic rings. The van der Waals surface area contributed by atoms with E-state index in [4.69, 9.17) is 9.72 Å². The third-order valence-corrected chi connectivity index (χ3v) is 5.31. The zero-order valence-electron chi connectivity index (χ0n) is 16.2. The molecule has 0 spiro atoms. The van der Waals surface area contributed by atoms with Crippen LogP contribution in [0.3, 0.4) is 0 Å². The first-order chi connectivity index (χ1) is 13.0. The first-order valence-electron chi connectivity index (χ1n) is 9.05. The van der Waals surface area contributed by atoms with E-state index in [9.17, 15) is 4.79 Å². The van der Waals surface area contributed by atoms with Crippen LogP contribution in [0.5, 0.6) is 5.75 Å². The fraction of sp³-hybridized carbons (Fsp3) is 0.333. The Morgan fingerprint density at radius 3 is 2.48 bits per heavy atom. The molecule has 1 heterocycles. The number of carbonyl (C=O) groups excluding carboxylic acids is 1. The van der Waals surface area contributed by atoms with Gasteiger partial charge in [-0.15, -0.1) is 0 Å². The molecule has 1 amide bonds. The average Bonchev–Trinajstić information content (AvgIpc) is 3.08. The average molecular weight is 384 g/mol. The van der Waals surface area contributed by atoms with Gasteiger partial charge in [-0.25, -0.2) is 4.98 Å². The lowest BCUT2D eigenvalue weighted by atomic mass is 10.2. The van der Waals surface area contributed by atoms with Gasteiger partial charge >= 0.3 is 0 Å². The summed E-state index contributed by atoms with van der Waals surface area (Å²) < 4.78 is 6.57.